The first-order chi connectivity index (χ1) is 9.45. The average molecular weight is 281 g/mol. The van der Waals surface area contributed by atoms with Gasteiger partial charge < -0.3 is 10.2 Å². The summed E-state index contributed by atoms with van der Waals surface area (Å²) in [7, 11) is 4.65. The fraction of sp³-hybridized carbons (Fsp3) is 1.00. The number of rotatable bonds is 4. The first-order valence-electron chi connectivity index (χ1n) is 8.59. The molecule has 3 atom stereocenters. The van der Waals surface area contributed by atoms with Gasteiger partial charge >= 0.3 is 0 Å². The van der Waals surface area contributed by atoms with Gasteiger partial charge in [-0.1, -0.05) is 27.2 Å². The summed E-state index contributed by atoms with van der Waals surface area (Å²) in [6.45, 7) is 10.8. The van der Waals surface area contributed by atoms with Crippen LogP contribution in [0.3, 0.4) is 0 Å². The maximum absolute atomic E-state index is 3.80. The van der Waals surface area contributed by atoms with E-state index in [0.29, 0.717) is 17.5 Å². The van der Waals surface area contributed by atoms with Crippen molar-refractivity contribution in [3.63, 3.8) is 0 Å². The largest absolute Gasteiger partial charge is 0.312 e. The second kappa shape index (κ2) is 6.76. The minimum atomic E-state index is 0.424. The first-order valence-corrected chi connectivity index (χ1v) is 8.59. The fourth-order valence-electron chi connectivity index (χ4n) is 4.42. The molecule has 20 heavy (non-hydrogen) atoms. The summed E-state index contributed by atoms with van der Waals surface area (Å²) in [5.41, 5.74) is 0.424. The van der Waals surface area contributed by atoms with Crippen LogP contribution < -0.4 is 5.32 Å². The minimum Gasteiger partial charge on any atom is -0.312 e. The van der Waals surface area contributed by atoms with Gasteiger partial charge in [0.2, 0.25) is 0 Å². The van der Waals surface area contributed by atoms with Crippen molar-refractivity contribution in [1.82, 2.24) is 15.1 Å². The predicted octanol–water partition coefficient (Wildman–Crippen LogP) is 2.57. The van der Waals surface area contributed by atoms with Crippen LogP contribution in [-0.2, 0) is 0 Å². The quantitative estimate of drug-likeness (QED) is 0.854. The van der Waals surface area contributed by atoms with E-state index in [1.165, 1.54) is 45.2 Å². The van der Waals surface area contributed by atoms with E-state index in [9.17, 15) is 0 Å². The van der Waals surface area contributed by atoms with Crippen LogP contribution in [0.4, 0.5) is 0 Å². The van der Waals surface area contributed by atoms with Gasteiger partial charge in [-0.15, -0.1) is 0 Å². The van der Waals surface area contributed by atoms with E-state index in [-0.39, 0.29) is 0 Å². The van der Waals surface area contributed by atoms with E-state index in [1.54, 1.807) is 0 Å². The molecule has 0 amide bonds. The van der Waals surface area contributed by atoms with Crippen molar-refractivity contribution in [2.75, 3.05) is 33.7 Å². The number of nitrogens with zero attached hydrogens (tertiary/aromatic N) is 2. The molecule has 3 unspecified atom stereocenters. The molecule has 1 heterocycles. The van der Waals surface area contributed by atoms with Crippen LogP contribution in [0.15, 0.2) is 0 Å². The fourth-order valence-corrected chi connectivity index (χ4v) is 4.42. The Morgan fingerprint density at radius 3 is 2.65 bits per heavy atom. The van der Waals surface area contributed by atoms with Gasteiger partial charge in [-0.2, -0.15) is 0 Å². The lowest BCUT2D eigenvalue weighted by Gasteiger charge is -2.50. The monoisotopic (exact) mass is 281 g/mol. The van der Waals surface area contributed by atoms with Gasteiger partial charge in [0.25, 0.3) is 0 Å². The molecular weight excluding hydrogens is 246 g/mol. The number of nitrogens with one attached hydrogen (secondary N) is 1. The molecule has 118 valence electrons. The SMILES string of the molecule is CCNC1C(N(C)C2CCCN(C)C2)CCCC1(C)C. The van der Waals surface area contributed by atoms with E-state index < -0.39 is 0 Å². The zero-order chi connectivity index (χ0) is 14.8. The first kappa shape index (κ1) is 16.3. The predicted molar refractivity (Wildman–Crippen MR) is 87.2 cm³/mol. The molecule has 0 spiro atoms. The van der Waals surface area contributed by atoms with Gasteiger partial charge in [0.15, 0.2) is 0 Å². The summed E-state index contributed by atoms with van der Waals surface area (Å²) in [5.74, 6) is 0. The topological polar surface area (TPSA) is 18.5 Å². The number of hydrogen-bond acceptors (Lipinski definition) is 3. The molecule has 0 aromatic heterocycles. The zero-order valence-electron chi connectivity index (χ0n) is 14.3. The average Bonchev–Trinajstić information content (AvgIpc) is 2.40. The lowest BCUT2D eigenvalue weighted by Crippen LogP contribution is -2.61. The van der Waals surface area contributed by atoms with Crippen molar-refractivity contribution in [3.05, 3.63) is 0 Å². The number of likely N-dealkylation sites (N-methyl/N-ethyl adjacent to an activating group) is 3. The van der Waals surface area contributed by atoms with Gasteiger partial charge in [-0.05, 0) is 58.3 Å². The summed E-state index contributed by atoms with van der Waals surface area (Å²) < 4.78 is 0. The van der Waals surface area contributed by atoms with Crippen molar-refractivity contribution in [3.8, 4) is 0 Å². The third-order valence-corrected chi connectivity index (χ3v) is 5.67. The van der Waals surface area contributed by atoms with Crippen molar-refractivity contribution in [2.24, 2.45) is 5.41 Å². The highest BCUT2D eigenvalue weighted by molar-refractivity contribution is 4.99. The summed E-state index contributed by atoms with van der Waals surface area (Å²) in [6.07, 6.45) is 6.83. The second-order valence-corrected chi connectivity index (χ2v) is 7.71. The Morgan fingerprint density at radius 2 is 2.00 bits per heavy atom. The van der Waals surface area contributed by atoms with E-state index in [1.807, 2.05) is 0 Å². The Kier molecular flexibility index (Phi) is 5.49. The molecule has 2 aliphatic rings. The smallest absolute Gasteiger partial charge is 0.0274 e. The molecule has 0 radical (unpaired) electrons. The summed E-state index contributed by atoms with van der Waals surface area (Å²) in [4.78, 5) is 5.21. The van der Waals surface area contributed by atoms with Crippen molar-refractivity contribution < 1.29 is 0 Å². The molecule has 0 aromatic rings. The lowest BCUT2D eigenvalue weighted by atomic mass is 9.70. The zero-order valence-corrected chi connectivity index (χ0v) is 14.3. The molecule has 3 nitrogen and oxygen atoms in total. The molecule has 1 N–H and O–H groups in total. The van der Waals surface area contributed by atoms with Crippen LogP contribution in [0, 0.1) is 5.41 Å². The van der Waals surface area contributed by atoms with Crippen LogP contribution in [-0.4, -0.2) is 61.7 Å². The second-order valence-electron chi connectivity index (χ2n) is 7.71. The van der Waals surface area contributed by atoms with E-state index in [0.717, 1.165) is 12.6 Å². The van der Waals surface area contributed by atoms with Crippen LogP contribution in [0.1, 0.15) is 52.9 Å². The molecule has 1 aliphatic heterocycles. The van der Waals surface area contributed by atoms with Crippen LogP contribution in [0.5, 0.6) is 0 Å². The summed E-state index contributed by atoms with van der Waals surface area (Å²) in [5, 5.41) is 3.80. The molecule has 2 rings (SSSR count). The molecule has 1 saturated heterocycles. The van der Waals surface area contributed by atoms with Crippen LogP contribution >= 0.6 is 0 Å². The molecule has 3 heteroatoms. The molecule has 0 aromatic carbocycles. The molecule has 0 bridgehead atoms. The van der Waals surface area contributed by atoms with Gasteiger partial charge in [0, 0.05) is 24.7 Å². The van der Waals surface area contributed by atoms with Crippen LogP contribution in [0.25, 0.3) is 0 Å². The number of piperidine rings is 1. The van der Waals surface area contributed by atoms with E-state index in [4.69, 9.17) is 0 Å². The Bertz CT molecular complexity index is 303. The molecule has 1 saturated carbocycles. The van der Waals surface area contributed by atoms with Crippen molar-refractivity contribution in [1.29, 1.82) is 0 Å². The maximum atomic E-state index is 3.80. The third-order valence-electron chi connectivity index (χ3n) is 5.67. The van der Waals surface area contributed by atoms with Crippen molar-refractivity contribution >= 4 is 0 Å². The Hall–Kier alpha value is -0.120. The third kappa shape index (κ3) is 3.55. The lowest BCUT2D eigenvalue weighted by molar-refractivity contribution is 0.0201. The molecule has 2 fully saturated rings. The normalized spacial score (nSPS) is 35.4. The molecule has 1 aliphatic carbocycles. The van der Waals surface area contributed by atoms with Gasteiger partial charge in [-0.3, -0.25) is 4.90 Å². The standard InChI is InChI=1S/C17H35N3/c1-6-18-16-15(10-7-11-17(16,2)3)20(5)14-9-8-12-19(4)13-14/h14-16,18H,6-13H2,1-5H3. The highest BCUT2D eigenvalue weighted by Crippen LogP contribution is 2.38. The number of likely N-dealkylation sites (tertiary alicyclic amines) is 1. The Labute approximate surface area is 126 Å². The molecular formula is C17H35N3. The van der Waals surface area contributed by atoms with E-state index in [2.05, 4.69) is 50.0 Å². The van der Waals surface area contributed by atoms with Gasteiger partial charge in [-0.25, -0.2) is 0 Å². The highest BCUT2D eigenvalue weighted by Gasteiger charge is 2.41. The van der Waals surface area contributed by atoms with Gasteiger partial charge in [0.05, 0.1) is 0 Å². The van der Waals surface area contributed by atoms with E-state index >= 15 is 0 Å². The number of hydrogen-bond donors (Lipinski definition) is 1. The van der Waals surface area contributed by atoms with Crippen LogP contribution in [0.2, 0.25) is 0 Å². The Balaban J connectivity index is 2.07. The van der Waals surface area contributed by atoms with Crippen molar-refractivity contribution in [2.45, 2.75) is 71.0 Å². The van der Waals surface area contributed by atoms with Gasteiger partial charge in [0.1, 0.15) is 0 Å². The Morgan fingerprint density at radius 1 is 1.25 bits per heavy atom. The highest BCUT2D eigenvalue weighted by atomic mass is 15.2. The maximum Gasteiger partial charge on any atom is 0.0274 e. The minimum absolute atomic E-state index is 0.424. The summed E-state index contributed by atoms with van der Waals surface area (Å²) in [6, 6.07) is 2.09. The summed E-state index contributed by atoms with van der Waals surface area (Å²) >= 11 is 0.